The fourth-order valence-electron chi connectivity index (χ4n) is 0.793. The zero-order chi connectivity index (χ0) is 16.4. The first-order valence-electron chi connectivity index (χ1n) is 5.14. The molecule has 0 saturated heterocycles. The number of rotatable bonds is 7. The highest BCUT2D eigenvalue weighted by Crippen LogP contribution is 2.51. The third-order valence-corrected chi connectivity index (χ3v) is 3.19. The first kappa shape index (κ1) is 19.6. The molecular weight excluding hydrogens is 324 g/mol. The molecule has 4 nitrogen and oxygen atoms in total. The summed E-state index contributed by atoms with van der Waals surface area (Å²) in [5, 5.41) is 0. The van der Waals surface area contributed by atoms with Crippen molar-refractivity contribution in [2.24, 2.45) is 0 Å². The van der Waals surface area contributed by atoms with Gasteiger partial charge in [0.2, 0.25) is 0 Å². The van der Waals surface area contributed by atoms with Crippen molar-refractivity contribution in [3.8, 4) is 0 Å². The lowest BCUT2D eigenvalue weighted by molar-refractivity contribution is -0.358. The van der Waals surface area contributed by atoms with Crippen molar-refractivity contribution in [1.82, 2.24) is 0 Å². The van der Waals surface area contributed by atoms with Gasteiger partial charge < -0.3 is 4.89 Å². The summed E-state index contributed by atoms with van der Waals surface area (Å²) in [6.07, 6.45) is -7.32. The standard InChI is InChI=1S/C8H12F7O4P/c1-3-5(2)19-20(16,17)18-4-6(9,10)7(11,12)8(13,14)15/h5H,3-4H2,1-2H3,(H,16,17). The third-order valence-electron chi connectivity index (χ3n) is 2.11. The van der Waals surface area contributed by atoms with Crippen molar-refractivity contribution >= 4 is 7.82 Å². The van der Waals surface area contributed by atoms with Crippen LogP contribution in [0.5, 0.6) is 0 Å². The van der Waals surface area contributed by atoms with Crippen LogP contribution in [0.1, 0.15) is 20.3 Å². The van der Waals surface area contributed by atoms with Crippen LogP contribution < -0.4 is 0 Å². The van der Waals surface area contributed by atoms with Crippen LogP contribution in [0.2, 0.25) is 0 Å². The van der Waals surface area contributed by atoms with Crippen LogP contribution in [0.15, 0.2) is 0 Å². The van der Waals surface area contributed by atoms with Crippen LogP contribution in [-0.2, 0) is 13.6 Å². The quantitative estimate of drug-likeness (QED) is 0.568. The van der Waals surface area contributed by atoms with Gasteiger partial charge in [-0.25, -0.2) is 4.57 Å². The Kier molecular flexibility index (Phi) is 6.05. The zero-order valence-electron chi connectivity index (χ0n) is 10.3. The van der Waals surface area contributed by atoms with E-state index in [2.05, 4.69) is 9.05 Å². The Bertz CT molecular complexity index is 370. The molecule has 0 aliphatic heterocycles. The number of hydrogen-bond donors (Lipinski definition) is 1. The van der Waals surface area contributed by atoms with Gasteiger partial charge in [-0.05, 0) is 13.3 Å². The van der Waals surface area contributed by atoms with Crippen molar-refractivity contribution < 1.29 is 49.2 Å². The first-order valence-corrected chi connectivity index (χ1v) is 6.64. The van der Waals surface area contributed by atoms with E-state index in [1.165, 1.54) is 13.8 Å². The van der Waals surface area contributed by atoms with Gasteiger partial charge in [0.05, 0.1) is 6.10 Å². The summed E-state index contributed by atoms with van der Waals surface area (Å²) in [6, 6.07) is 0. The molecule has 0 aromatic carbocycles. The summed E-state index contributed by atoms with van der Waals surface area (Å²) in [5.41, 5.74) is 0. The smallest absolute Gasteiger partial charge is 0.302 e. The van der Waals surface area contributed by atoms with E-state index >= 15 is 0 Å². The Hall–Kier alpha value is -0.380. The third kappa shape index (κ3) is 4.87. The minimum Gasteiger partial charge on any atom is -0.302 e. The molecule has 0 fully saturated rings. The Morgan fingerprint density at radius 2 is 1.60 bits per heavy atom. The average Bonchev–Trinajstić information content (AvgIpc) is 2.24. The van der Waals surface area contributed by atoms with Gasteiger partial charge in [-0.3, -0.25) is 9.05 Å². The molecule has 0 aliphatic carbocycles. The highest BCUT2D eigenvalue weighted by molar-refractivity contribution is 7.47. The second-order valence-corrected chi connectivity index (χ2v) is 5.25. The van der Waals surface area contributed by atoms with E-state index in [1.54, 1.807) is 0 Å². The Balaban J connectivity index is 4.84. The summed E-state index contributed by atoms with van der Waals surface area (Å²) in [4.78, 5) is 8.90. The minimum absolute atomic E-state index is 0.156. The Labute approximate surface area is 109 Å². The van der Waals surface area contributed by atoms with Crippen LogP contribution >= 0.6 is 7.82 Å². The largest absolute Gasteiger partial charge is 0.472 e. The second-order valence-electron chi connectivity index (χ2n) is 3.84. The van der Waals surface area contributed by atoms with E-state index in [0.29, 0.717) is 0 Å². The molecule has 20 heavy (non-hydrogen) atoms. The van der Waals surface area contributed by atoms with E-state index in [9.17, 15) is 35.3 Å². The Morgan fingerprint density at radius 1 is 1.15 bits per heavy atom. The molecule has 12 heteroatoms. The molecule has 0 radical (unpaired) electrons. The number of alkyl halides is 7. The molecule has 0 aromatic rings. The Morgan fingerprint density at radius 3 is 1.95 bits per heavy atom. The molecule has 0 amide bonds. The molecule has 2 unspecified atom stereocenters. The van der Waals surface area contributed by atoms with Gasteiger partial charge in [-0.15, -0.1) is 0 Å². The van der Waals surface area contributed by atoms with Crippen LogP contribution in [-0.4, -0.2) is 35.6 Å². The van der Waals surface area contributed by atoms with Crippen LogP contribution in [0, 0.1) is 0 Å². The van der Waals surface area contributed by atoms with Crippen molar-refractivity contribution in [3.05, 3.63) is 0 Å². The molecule has 0 spiro atoms. The van der Waals surface area contributed by atoms with E-state index < -0.39 is 38.6 Å². The van der Waals surface area contributed by atoms with Crippen molar-refractivity contribution in [3.63, 3.8) is 0 Å². The fraction of sp³-hybridized carbons (Fsp3) is 1.00. The number of hydrogen-bond acceptors (Lipinski definition) is 3. The maximum Gasteiger partial charge on any atom is 0.472 e. The van der Waals surface area contributed by atoms with Gasteiger partial charge >= 0.3 is 25.8 Å². The molecule has 0 aliphatic rings. The molecule has 0 rings (SSSR count). The lowest BCUT2D eigenvalue weighted by atomic mass is 10.2. The van der Waals surface area contributed by atoms with Crippen LogP contribution in [0.4, 0.5) is 30.7 Å². The molecule has 0 heterocycles. The van der Waals surface area contributed by atoms with Crippen LogP contribution in [0.25, 0.3) is 0 Å². The fourth-order valence-corrected chi connectivity index (χ4v) is 1.78. The van der Waals surface area contributed by atoms with E-state index in [4.69, 9.17) is 4.89 Å². The van der Waals surface area contributed by atoms with Crippen molar-refractivity contribution in [2.75, 3.05) is 6.61 Å². The maximum absolute atomic E-state index is 12.8. The summed E-state index contributed by atoms with van der Waals surface area (Å²) >= 11 is 0. The first-order chi connectivity index (χ1) is 8.66. The molecule has 1 N–H and O–H groups in total. The molecule has 2 atom stereocenters. The van der Waals surface area contributed by atoms with Crippen molar-refractivity contribution in [2.45, 2.75) is 44.4 Å². The number of halogens is 7. The second kappa shape index (κ2) is 6.17. The van der Waals surface area contributed by atoms with E-state index in [1.807, 2.05) is 0 Å². The number of phosphoric ester groups is 1. The molecule has 0 aromatic heterocycles. The van der Waals surface area contributed by atoms with Crippen LogP contribution in [0.3, 0.4) is 0 Å². The normalized spacial score (nSPS) is 18.7. The highest BCUT2D eigenvalue weighted by atomic mass is 31.2. The average molecular weight is 336 g/mol. The zero-order valence-corrected chi connectivity index (χ0v) is 11.2. The van der Waals surface area contributed by atoms with E-state index in [-0.39, 0.29) is 6.42 Å². The molecule has 0 bridgehead atoms. The summed E-state index contributed by atoms with van der Waals surface area (Å²) in [6.45, 7) is 0.107. The van der Waals surface area contributed by atoms with Gasteiger partial charge in [-0.2, -0.15) is 30.7 Å². The predicted molar refractivity (Wildman–Crippen MR) is 52.6 cm³/mol. The summed E-state index contributed by atoms with van der Waals surface area (Å²) in [7, 11) is -5.16. The molecular formula is C8H12F7O4P. The highest BCUT2D eigenvalue weighted by Gasteiger charge is 2.73. The van der Waals surface area contributed by atoms with Gasteiger partial charge in [0.1, 0.15) is 6.61 Å². The van der Waals surface area contributed by atoms with Gasteiger partial charge in [0, 0.05) is 0 Å². The van der Waals surface area contributed by atoms with E-state index in [0.717, 1.165) is 0 Å². The summed E-state index contributed by atoms with van der Waals surface area (Å²) < 4.78 is 104. The summed E-state index contributed by atoms with van der Waals surface area (Å²) in [5.74, 6) is -12.1. The minimum atomic E-state index is -6.53. The molecule has 122 valence electrons. The monoisotopic (exact) mass is 336 g/mol. The predicted octanol–water partition coefficient (Wildman–Crippen LogP) is 3.75. The van der Waals surface area contributed by atoms with Gasteiger partial charge in [0.25, 0.3) is 0 Å². The SMILES string of the molecule is CCC(C)OP(=O)(O)OCC(F)(F)C(F)(F)C(F)(F)F. The number of phosphoric acid groups is 1. The topological polar surface area (TPSA) is 55.8 Å². The van der Waals surface area contributed by atoms with Gasteiger partial charge in [0.15, 0.2) is 0 Å². The molecule has 0 saturated carbocycles. The van der Waals surface area contributed by atoms with Gasteiger partial charge in [-0.1, -0.05) is 6.92 Å². The van der Waals surface area contributed by atoms with Crippen molar-refractivity contribution in [1.29, 1.82) is 0 Å². The lowest BCUT2D eigenvalue weighted by Gasteiger charge is -2.28. The maximum atomic E-state index is 12.8. The lowest BCUT2D eigenvalue weighted by Crippen LogP contribution is -2.54.